The van der Waals surface area contributed by atoms with Crippen LogP contribution in [0.4, 0.5) is 0 Å². The van der Waals surface area contributed by atoms with Gasteiger partial charge in [0.25, 0.3) is 0 Å². The second-order valence-corrected chi connectivity index (χ2v) is 3.55. The van der Waals surface area contributed by atoms with Crippen molar-refractivity contribution in [2.24, 2.45) is 5.92 Å². The molecule has 0 saturated carbocycles. The topological polar surface area (TPSA) is 3.24 Å². The Labute approximate surface area is 76.8 Å². The van der Waals surface area contributed by atoms with Crippen molar-refractivity contribution in [1.82, 2.24) is 4.90 Å². The second kappa shape index (κ2) is 6.96. The first-order valence-electron chi connectivity index (χ1n) is 4.64. The first kappa shape index (κ1) is 11.3. The van der Waals surface area contributed by atoms with Crippen LogP contribution in [-0.4, -0.2) is 18.5 Å². The van der Waals surface area contributed by atoms with E-state index in [1.165, 1.54) is 6.42 Å². The summed E-state index contributed by atoms with van der Waals surface area (Å²) in [6.07, 6.45) is 8.69. The van der Waals surface area contributed by atoms with E-state index in [9.17, 15) is 0 Å². The molecule has 0 heterocycles. The van der Waals surface area contributed by atoms with E-state index in [4.69, 9.17) is 0 Å². The van der Waals surface area contributed by atoms with Crippen LogP contribution in [0.3, 0.4) is 0 Å². The summed E-state index contributed by atoms with van der Waals surface area (Å²) in [5.74, 6) is 0.776. The minimum atomic E-state index is 0.776. The van der Waals surface area contributed by atoms with Gasteiger partial charge in [-0.1, -0.05) is 32.6 Å². The van der Waals surface area contributed by atoms with E-state index < -0.39 is 0 Å². The predicted octanol–water partition coefficient (Wildman–Crippen LogP) is 3.05. The van der Waals surface area contributed by atoms with Crippen molar-refractivity contribution in [2.45, 2.75) is 26.7 Å². The Morgan fingerprint density at radius 2 is 2.00 bits per heavy atom. The molecule has 0 unspecified atom stereocenters. The zero-order valence-corrected chi connectivity index (χ0v) is 8.59. The zero-order valence-electron chi connectivity index (χ0n) is 8.59. The molecule has 0 atom stereocenters. The van der Waals surface area contributed by atoms with Crippen LogP contribution in [0.5, 0.6) is 0 Å². The fourth-order valence-corrected chi connectivity index (χ4v) is 0.856. The molecular formula is C11H21N. The molecule has 0 aromatic carbocycles. The summed E-state index contributed by atoms with van der Waals surface area (Å²) in [6.45, 7) is 9.23. The van der Waals surface area contributed by atoms with Gasteiger partial charge in [0.15, 0.2) is 0 Å². The normalized spacial score (nSPS) is 11.0. The molecular weight excluding hydrogens is 146 g/mol. The van der Waals surface area contributed by atoms with E-state index in [1.807, 2.05) is 13.2 Å². The van der Waals surface area contributed by atoms with Crippen LogP contribution in [0.15, 0.2) is 24.9 Å². The number of hydrogen-bond donors (Lipinski definition) is 0. The summed E-state index contributed by atoms with van der Waals surface area (Å²) < 4.78 is 0. The Morgan fingerprint density at radius 3 is 2.50 bits per heavy atom. The maximum absolute atomic E-state index is 3.69. The predicted molar refractivity (Wildman–Crippen MR) is 56.0 cm³/mol. The van der Waals surface area contributed by atoms with Gasteiger partial charge in [-0.05, 0) is 25.0 Å². The molecule has 0 radical (unpaired) electrons. The van der Waals surface area contributed by atoms with E-state index in [1.54, 1.807) is 0 Å². The zero-order chi connectivity index (χ0) is 9.40. The maximum Gasteiger partial charge on any atom is 0.0203 e. The Morgan fingerprint density at radius 1 is 1.33 bits per heavy atom. The Hall–Kier alpha value is -0.720. The van der Waals surface area contributed by atoms with Crippen molar-refractivity contribution < 1.29 is 0 Å². The highest BCUT2D eigenvalue weighted by atomic mass is 15.1. The molecule has 0 aliphatic rings. The average Bonchev–Trinajstić information content (AvgIpc) is 2.03. The molecule has 0 spiro atoms. The molecule has 1 heteroatoms. The summed E-state index contributed by atoms with van der Waals surface area (Å²) in [5.41, 5.74) is 0. The molecule has 0 aromatic heterocycles. The van der Waals surface area contributed by atoms with Gasteiger partial charge in [0.05, 0.1) is 0 Å². The standard InChI is InChI=1S/C11H21N/c1-5-12(4)10-8-6-7-9-11(2)3/h5-7,11H,1,8-10H2,2-4H3/b7-6+. The minimum Gasteiger partial charge on any atom is -0.381 e. The van der Waals surface area contributed by atoms with Crippen molar-refractivity contribution in [3.63, 3.8) is 0 Å². The van der Waals surface area contributed by atoms with Gasteiger partial charge in [0, 0.05) is 13.6 Å². The molecule has 0 N–H and O–H groups in total. The van der Waals surface area contributed by atoms with E-state index in [2.05, 4.69) is 37.5 Å². The van der Waals surface area contributed by atoms with Gasteiger partial charge in [-0.25, -0.2) is 0 Å². The molecule has 0 amide bonds. The molecule has 0 saturated heterocycles. The largest absolute Gasteiger partial charge is 0.381 e. The van der Waals surface area contributed by atoms with Crippen LogP contribution in [0, 0.1) is 5.92 Å². The van der Waals surface area contributed by atoms with E-state index >= 15 is 0 Å². The van der Waals surface area contributed by atoms with Crippen LogP contribution >= 0.6 is 0 Å². The number of rotatable bonds is 6. The van der Waals surface area contributed by atoms with Crippen LogP contribution in [0.25, 0.3) is 0 Å². The third-order valence-corrected chi connectivity index (χ3v) is 1.73. The summed E-state index contributed by atoms with van der Waals surface area (Å²) in [7, 11) is 2.04. The Kier molecular flexibility index (Phi) is 6.54. The van der Waals surface area contributed by atoms with Crippen molar-refractivity contribution in [3.05, 3.63) is 24.9 Å². The van der Waals surface area contributed by atoms with Crippen LogP contribution in [0.1, 0.15) is 26.7 Å². The Bertz CT molecular complexity index is 136. The molecule has 0 aliphatic carbocycles. The van der Waals surface area contributed by atoms with E-state index in [0.717, 1.165) is 18.9 Å². The lowest BCUT2D eigenvalue weighted by atomic mass is 10.1. The highest BCUT2D eigenvalue weighted by molar-refractivity contribution is 4.84. The third-order valence-electron chi connectivity index (χ3n) is 1.73. The first-order chi connectivity index (χ1) is 5.66. The van der Waals surface area contributed by atoms with Gasteiger partial charge in [-0.2, -0.15) is 0 Å². The molecule has 1 nitrogen and oxygen atoms in total. The molecule has 0 aliphatic heterocycles. The maximum atomic E-state index is 3.69. The van der Waals surface area contributed by atoms with Gasteiger partial charge >= 0.3 is 0 Å². The van der Waals surface area contributed by atoms with Gasteiger partial charge in [-0.15, -0.1) is 0 Å². The van der Waals surface area contributed by atoms with Crippen LogP contribution in [-0.2, 0) is 0 Å². The van der Waals surface area contributed by atoms with Gasteiger partial charge in [-0.3, -0.25) is 0 Å². The lowest BCUT2D eigenvalue weighted by Gasteiger charge is -2.10. The monoisotopic (exact) mass is 167 g/mol. The van der Waals surface area contributed by atoms with Gasteiger partial charge in [0.2, 0.25) is 0 Å². The van der Waals surface area contributed by atoms with Crippen molar-refractivity contribution in [2.75, 3.05) is 13.6 Å². The van der Waals surface area contributed by atoms with Crippen LogP contribution in [0.2, 0.25) is 0 Å². The highest BCUT2D eigenvalue weighted by Crippen LogP contribution is 2.00. The second-order valence-electron chi connectivity index (χ2n) is 3.55. The Balaban J connectivity index is 3.30. The summed E-state index contributed by atoms with van der Waals surface area (Å²) in [4.78, 5) is 2.10. The van der Waals surface area contributed by atoms with Crippen molar-refractivity contribution in [1.29, 1.82) is 0 Å². The highest BCUT2D eigenvalue weighted by Gasteiger charge is 1.88. The van der Waals surface area contributed by atoms with Gasteiger partial charge in [0.1, 0.15) is 0 Å². The van der Waals surface area contributed by atoms with E-state index in [0.29, 0.717) is 0 Å². The molecule has 12 heavy (non-hydrogen) atoms. The molecule has 70 valence electrons. The lowest BCUT2D eigenvalue weighted by Crippen LogP contribution is -2.10. The number of nitrogens with zero attached hydrogens (tertiary/aromatic N) is 1. The molecule has 0 fully saturated rings. The SMILES string of the molecule is C=CN(C)CC/C=C/CC(C)C. The molecule has 0 bridgehead atoms. The summed E-state index contributed by atoms with van der Waals surface area (Å²) in [6, 6.07) is 0. The third kappa shape index (κ3) is 7.39. The summed E-state index contributed by atoms with van der Waals surface area (Å²) >= 11 is 0. The van der Waals surface area contributed by atoms with Gasteiger partial charge < -0.3 is 4.90 Å². The van der Waals surface area contributed by atoms with Crippen molar-refractivity contribution >= 4 is 0 Å². The smallest absolute Gasteiger partial charge is 0.0203 e. The lowest BCUT2D eigenvalue weighted by molar-refractivity contribution is 0.466. The van der Waals surface area contributed by atoms with Crippen LogP contribution < -0.4 is 0 Å². The first-order valence-corrected chi connectivity index (χ1v) is 4.64. The molecule has 0 rings (SSSR count). The average molecular weight is 167 g/mol. The minimum absolute atomic E-state index is 0.776. The quantitative estimate of drug-likeness (QED) is 0.550. The number of allylic oxidation sites excluding steroid dienone is 1. The molecule has 0 aromatic rings. The number of hydrogen-bond acceptors (Lipinski definition) is 1. The fraction of sp³-hybridized carbons (Fsp3) is 0.636. The fourth-order valence-electron chi connectivity index (χ4n) is 0.856. The summed E-state index contributed by atoms with van der Waals surface area (Å²) in [5, 5.41) is 0. The van der Waals surface area contributed by atoms with E-state index in [-0.39, 0.29) is 0 Å². The van der Waals surface area contributed by atoms with Crippen molar-refractivity contribution in [3.8, 4) is 0 Å².